The summed E-state index contributed by atoms with van der Waals surface area (Å²) in [4.78, 5) is 11.4. The molecule has 2 heteroatoms. The molecule has 2 fully saturated rings. The fourth-order valence-corrected chi connectivity index (χ4v) is 4.59. The number of nitrogens with one attached hydrogen (secondary N) is 1. The van der Waals surface area contributed by atoms with E-state index < -0.39 is 0 Å². The molecule has 2 aliphatic carbocycles. The van der Waals surface area contributed by atoms with Gasteiger partial charge in [0.25, 0.3) is 0 Å². The summed E-state index contributed by atoms with van der Waals surface area (Å²) in [6.45, 7) is 13.3. The molecule has 16 heavy (non-hydrogen) atoms. The first-order valence-corrected chi connectivity index (χ1v) is 6.50. The van der Waals surface area contributed by atoms with Gasteiger partial charge in [-0.1, -0.05) is 27.7 Å². The summed E-state index contributed by atoms with van der Waals surface area (Å²) in [5, 5.41) is 3.23. The van der Waals surface area contributed by atoms with Crippen molar-refractivity contribution in [2.24, 2.45) is 29.1 Å². The Balaban J connectivity index is 2.31. The van der Waals surface area contributed by atoms with Gasteiger partial charge in [0.05, 0.1) is 0 Å². The highest BCUT2D eigenvalue weighted by atomic mass is 16.1. The van der Waals surface area contributed by atoms with E-state index in [1.165, 1.54) is 6.42 Å². The van der Waals surface area contributed by atoms with Gasteiger partial charge in [0.1, 0.15) is 0 Å². The van der Waals surface area contributed by atoms with E-state index in [2.05, 4.69) is 39.9 Å². The molecule has 0 aromatic rings. The quantitative estimate of drug-likeness (QED) is 0.727. The third-order valence-corrected chi connectivity index (χ3v) is 6.01. The van der Waals surface area contributed by atoms with Gasteiger partial charge >= 0.3 is 0 Å². The lowest BCUT2D eigenvalue weighted by Crippen LogP contribution is -2.58. The molecule has 0 heterocycles. The molecular weight excluding hydrogens is 198 g/mol. The van der Waals surface area contributed by atoms with Crippen LogP contribution in [0.3, 0.4) is 0 Å². The molecule has 2 saturated carbocycles. The van der Waals surface area contributed by atoms with Crippen LogP contribution in [0.2, 0.25) is 0 Å². The predicted octanol–water partition coefficient (Wildman–Crippen LogP) is 2.83. The minimum atomic E-state index is 0.0193. The standard InChI is InChI=1S/C14H25NO/c1-8-12-7-11(13(8,4)5)9(2)14(12,6)15-10(3)16/h8-9,11-12H,7H2,1-6H3,(H,15,16)/t8-,9+,11-,12-,14+/m0/s1. The molecule has 5 atom stereocenters. The van der Waals surface area contributed by atoms with E-state index in [0.29, 0.717) is 23.2 Å². The Morgan fingerprint density at radius 2 is 1.69 bits per heavy atom. The number of carbonyl (C=O) groups is 1. The van der Waals surface area contributed by atoms with Crippen LogP contribution in [0.1, 0.15) is 48.0 Å². The molecule has 1 amide bonds. The van der Waals surface area contributed by atoms with Crippen LogP contribution in [0.25, 0.3) is 0 Å². The van der Waals surface area contributed by atoms with Crippen molar-refractivity contribution in [2.45, 2.75) is 53.5 Å². The van der Waals surface area contributed by atoms with Crippen molar-refractivity contribution < 1.29 is 4.79 Å². The van der Waals surface area contributed by atoms with E-state index in [9.17, 15) is 4.79 Å². The summed E-state index contributed by atoms with van der Waals surface area (Å²) in [6, 6.07) is 0. The molecule has 2 nitrogen and oxygen atoms in total. The molecule has 2 rings (SSSR count). The molecule has 0 spiro atoms. The van der Waals surface area contributed by atoms with E-state index in [-0.39, 0.29) is 11.4 Å². The Morgan fingerprint density at radius 3 is 2.12 bits per heavy atom. The molecule has 0 unspecified atom stereocenters. The summed E-state index contributed by atoms with van der Waals surface area (Å²) in [7, 11) is 0. The maximum absolute atomic E-state index is 11.4. The Labute approximate surface area is 99.2 Å². The summed E-state index contributed by atoms with van der Waals surface area (Å²) in [5.41, 5.74) is 0.452. The van der Waals surface area contributed by atoms with Gasteiger partial charge < -0.3 is 5.32 Å². The van der Waals surface area contributed by atoms with Crippen LogP contribution in [-0.4, -0.2) is 11.4 Å². The minimum Gasteiger partial charge on any atom is -0.351 e. The molecule has 0 aromatic heterocycles. The number of amides is 1. The van der Waals surface area contributed by atoms with Gasteiger partial charge in [-0.05, 0) is 42.4 Å². The third-order valence-electron chi connectivity index (χ3n) is 6.01. The zero-order valence-electron chi connectivity index (χ0n) is 11.4. The average Bonchev–Trinajstić information content (AvgIpc) is 2.50. The first kappa shape index (κ1) is 11.9. The van der Waals surface area contributed by atoms with Gasteiger partial charge in [-0.2, -0.15) is 0 Å². The second-order valence-corrected chi connectivity index (χ2v) is 6.81. The van der Waals surface area contributed by atoms with Gasteiger partial charge in [0, 0.05) is 12.5 Å². The van der Waals surface area contributed by atoms with Crippen molar-refractivity contribution in [1.82, 2.24) is 5.32 Å². The minimum absolute atomic E-state index is 0.0193. The third kappa shape index (κ3) is 1.28. The zero-order valence-corrected chi connectivity index (χ0v) is 11.4. The van der Waals surface area contributed by atoms with Gasteiger partial charge in [-0.25, -0.2) is 0 Å². The van der Waals surface area contributed by atoms with E-state index in [1.807, 2.05) is 0 Å². The molecule has 0 saturated heterocycles. The fraction of sp³-hybridized carbons (Fsp3) is 0.929. The summed E-state index contributed by atoms with van der Waals surface area (Å²) in [6.07, 6.45) is 1.28. The number of hydrogen-bond acceptors (Lipinski definition) is 1. The molecule has 0 aliphatic heterocycles. The Bertz CT molecular complexity index is 323. The summed E-state index contributed by atoms with van der Waals surface area (Å²) >= 11 is 0. The topological polar surface area (TPSA) is 29.1 Å². The largest absolute Gasteiger partial charge is 0.351 e. The van der Waals surface area contributed by atoms with E-state index in [0.717, 1.165) is 5.92 Å². The maximum Gasteiger partial charge on any atom is 0.217 e. The highest BCUT2D eigenvalue weighted by Crippen LogP contribution is 2.65. The molecule has 92 valence electrons. The second kappa shape index (κ2) is 3.24. The van der Waals surface area contributed by atoms with Gasteiger partial charge in [0.15, 0.2) is 0 Å². The number of rotatable bonds is 1. The van der Waals surface area contributed by atoms with Gasteiger partial charge in [0.2, 0.25) is 5.91 Å². The van der Waals surface area contributed by atoms with E-state index in [4.69, 9.17) is 0 Å². The smallest absolute Gasteiger partial charge is 0.217 e. The molecule has 2 aliphatic rings. The summed E-state index contributed by atoms with van der Waals surface area (Å²) in [5.74, 6) is 2.81. The molecule has 0 aromatic carbocycles. The Morgan fingerprint density at radius 1 is 1.12 bits per heavy atom. The highest BCUT2D eigenvalue weighted by molar-refractivity contribution is 5.74. The van der Waals surface area contributed by atoms with E-state index >= 15 is 0 Å². The predicted molar refractivity (Wildman–Crippen MR) is 65.9 cm³/mol. The maximum atomic E-state index is 11.4. The van der Waals surface area contributed by atoms with Crippen LogP contribution >= 0.6 is 0 Å². The van der Waals surface area contributed by atoms with Crippen molar-refractivity contribution in [3.05, 3.63) is 0 Å². The van der Waals surface area contributed by atoms with Crippen LogP contribution < -0.4 is 5.32 Å². The lowest BCUT2D eigenvalue weighted by molar-refractivity contribution is -0.123. The average molecular weight is 223 g/mol. The molecule has 0 radical (unpaired) electrons. The first-order chi connectivity index (χ1) is 7.21. The zero-order chi connectivity index (χ0) is 12.3. The molecular formula is C14H25NO. The number of carbonyl (C=O) groups excluding carboxylic acids is 1. The van der Waals surface area contributed by atoms with Crippen molar-refractivity contribution in [3.8, 4) is 0 Å². The lowest BCUT2D eigenvalue weighted by atomic mass is 9.59. The number of fused-ring (bicyclic) bond motifs is 2. The SMILES string of the molecule is CC(=O)N[C@]1(C)[C@H](C)[C@@H]2C[C@H]1[C@H](C)C2(C)C. The monoisotopic (exact) mass is 223 g/mol. The molecule has 1 N–H and O–H groups in total. The Kier molecular flexibility index (Phi) is 2.42. The van der Waals surface area contributed by atoms with Gasteiger partial charge in [-0.15, -0.1) is 0 Å². The van der Waals surface area contributed by atoms with Crippen molar-refractivity contribution in [1.29, 1.82) is 0 Å². The van der Waals surface area contributed by atoms with Crippen LogP contribution in [-0.2, 0) is 4.79 Å². The van der Waals surface area contributed by atoms with Crippen molar-refractivity contribution in [3.63, 3.8) is 0 Å². The lowest BCUT2D eigenvalue weighted by Gasteiger charge is -2.50. The number of hydrogen-bond donors (Lipinski definition) is 1. The molecule has 2 bridgehead atoms. The van der Waals surface area contributed by atoms with Crippen LogP contribution in [0.15, 0.2) is 0 Å². The van der Waals surface area contributed by atoms with Crippen LogP contribution in [0.4, 0.5) is 0 Å². The van der Waals surface area contributed by atoms with Gasteiger partial charge in [-0.3, -0.25) is 4.79 Å². The normalized spacial score (nSPS) is 49.4. The first-order valence-electron chi connectivity index (χ1n) is 6.50. The fourth-order valence-electron chi connectivity index (χ4n) is 4.59. The van der Waals surface area contributed by atoms with E-state index in [1.54, 1.807) is 6.92 Å². The van der Waals surface area contributed by atoms with Crippen LogP contribution in [0, 0.1) is 29.1 Å². The summed E-state index contributed by atoms with van der Waals surface area (Å²) < 4.78 is 0. The van der Waals surface area contributed by atoms with Crippen LogP contribution in [0.5, 0.6) is 0 Å². The van der Waals surface area contributed by atoms with Crippen molar-refractivity contribution >= 4 is 5.91 Å². The Hall–Kier alpha value is -0.530. The second-order valence-electron chi connectivity index (χ2n) is 6.81. The van der Waals surface area contributed by atoms with Crippen molar-refractivity contribution in [2.75, 3.05) is 0 Å². The highest BCUT2D eigenvalue weighted by Gasteiger charge is 2.64.